The number of likely N-dealkylation sites (tertiary alicyclic amines) is 1. The monoisotopic (exact) mass is 304 g/mol. The molecule has 2 N–H and O–H groups in total. The van der Waals surface area contributed by atoms with E-state index >= 15 is 0 Å². The first kappa shape index (κ1) is 15.2. The smallest absolute Gasteiger partial charge is 0.225 e. The summed E-state index contributed by atoms with van der Waals surface area (Å²) in [7, 11) is 1.63. The van der Waals surface area contributed by atoms with Crippen LogP contribution in [-0.2, 0) is 4.79 Å². The molecule has 120 valence electrons. The molecule has 0 spiro atoms. The predicted octanol–water partition coefficient (Wildman–Crippen LogP) is 2.25. The van der Waals surface area contributed by atoms with Crippen LogP contribution < -0.4 is 15.2 Å². The van der Waals surface area contributed by atoms with Crippen LogP contribution in [-0.4, -0.2) is 36.1 Å². The van der Waals surface area contributed by atoms with Gasteiger partial charge in [0.05, 0.1) is 19.3 Å². The van der Waals surface area contributed by atoms with Gasteiger partial charge in [0.25, 0.3) is 0 Å². The number of nitrogens with two attached hydrogens (primary N) is 1. The first-order chi connectivity index (χ1) is 10.5. The Kier molecular flexibility index (Phi) is 4.00. The summed E-state index contributed by atoms with van der Waals surface area (Å²) >= 11 is 0. The number of carbonyl (C=O) groups excluding carboxylic acids is 1. The van der Waals surface area contributed by atoms with Crippen LogP contribution in [0.2, 0.25) is 0 Å². The summed E-state index contributed by atoms with van der Waals surface area (Å²) in [6, 6.07) is 6.02. The van der Waals surface area contributed by atoms with E-state index in [0.29, 0.717) is 18.2 Å². The molecule has 1 aromatic rings. The van der Waals surface area contributed by atoms with Crippen molar-refractivity contribution in [1.82, 2.24) is 4.90 Å². The molecular formula is C17H24N2O3. The summed E-state index contributed by atoms with van der Waals surface area (Å²) in [5.41, 5.74) is 7.26. The number of hydrogen-bond acceptors (Lipinski definition) is 4. The number of methoxy groups -OCH3 is 1. The summed E-state index contributed by atoms with van der Waals surface area (Å²) in [5.74, 6) is 1.58. The lowest BCUT2D eigenvalue weighted by Gasteiger charge is -2.28. The van der Waals surface area contributed by atoms with Crippen LogP contribution in [0.25, 0.3) is 0 Å². The molecule has 3 rings (SSSR count). The summed E-state index contributed by atoms with van der Waals surface area (Å²) in [4.78, 5) is 14.2. The van der Waals surface area contributed by atoms with Crippen LogP contribution in [0.3, 0.4) is 0 Å². The fraction of sp³-hybridized carbons (Fsp3) is 0.588. The highest BCUT2D eigenvalue weighted by molar-refractivity contribution is 5.81. The van der Waals surface area contributed by atoms with Gasteiger partial charge in [-0.05, 0) is 44.4 Å². The highest BCUT2D eigenvalue weighted by Crippen LogP contribution is 2.43. The quantitative estimate of drug-likeness (QED) is 0.906. The van der Waals surface area contributed by atoms with Crippen LogP contribution >= 0.6 is 0 Å². The standard InChI is InChI=1S/C17H24N2O3/c1-10(2)22-14-7-4-11(8-15(14)21-3)17-13(18)9-16(20)19(17)12-5-6-12/h4,7-8,10,12-13,17H,5-6,9,18H2,1-3H3. The molecule has 1 heterocycles. The fourth-order valence-corrected chi connectivity index (χ4v) is 3.19. The summed E-state index contributed by atoms with van der Waals surface area (Å²) in [6.45, 7) is 3.96. The molecule has 22 heavy (non-hydrogen) atoms. The molecule has 2 aliphatic rings. The van der Waals surface area contributed by atoms with Gasteiger partial charge in [0, 0.05) is 18.5 Å². The molecule has 1 aromatic carbocycles. The number of rotatable bonds is 5. The van der Waals surface area contributed by atoms with E-state index in [4.69, 9.17) is 15.2 Å². The van der Waals surface area contributed by atoms with Gasteiger partial charge < -0.3 is 20.1 Å². The molecule has 0 radical (unpaired) electrons. The average Bonchev–Trinajstić information content (AvgIpc) is 3.24. The molecule has 2 atom stereocenters. The van der Waals surface area contributed by atoms with Gasteiger partial charge in [-0.15, -0.1) is 0 Å². The molecule has 1 saturated carbocycles. The molecule has 1 saturated heterocycles. The maximum Gasteiger partial charge on any atom is 0.225 e. The number of nitrogens with zero attached hydrogens (tertiary/aromatic N) is 1. The third kappa shape index (κ3) is 2.77. The minimum Gasteiger partial charge on any atom is -0.493 e. The molecule has 2 fully saturated rings. The predicted molar refractivity (Wildman–Crippen MR) is 84.0 cm³/mol. The Bertz CT molecular complexity index is 569. The molecule has 5 nitrogen and oxygen atoms in total. The molecule has 0 bridgehead atoms. The van der Waals surface area contributed by atoms with Gasteiger partial charge in [0.1, 0.15) is 0 Å². The lowest BCUT2D eigenvalue weighted by molar-refractivity contribution is -0.129. The normalized spacial score (nSPS) is 25.0. The van der Waals surface area contributed by atoms with E-state index in [1.165, 1.54) is 0 Å². The second-order valence-electron chi connectivity index (χ2n) is 6.42. The summed E-state index contributed by atoms with van der Waals surface area (Å²) in [5, 5.41) is 0. The maximum atomic E-state index is 12.2. The minimum absolute atomic E-state index is 0.0537. The van der Waals surface area contributed by atoms with Gasteiger partial charge in [-0.2, -0.15) is 0 Å². The van der Waals surface area contributed by atoms with Crippen LogP contribution in [0.4, 0.5) is 0 Å². The zero-order chi connectivity index (χ0) is 15.9. The van der Waals surface area contributed by atoms with Crippen molar-refractivity contribution >= 4 is 5.91 Å². The van der Waals surface area contributed by atoms with Gasteiger partial charge in [0.15, 0.2) is 11.5 Å². The number of benzene rings is 1. The van der Waals surface area contributed by atoms with Crippen molar-refractivity contribution in [2.24, 2.45) is 5.73 Å². The van der Waals surface area contributed by atoms with Gasteiger partial charge in [-0.3, -0.25) is 4.79 Å². The zero-order valence-corrected chi connectivity index (χ0v) is 13.4. The van der Waals surface area contributed by atoms with Crippen LogP contribution in [0, 0.1) is 0 Å². The Labute approximate surface area is 131 Å². The number of ether oxygens (including phenoxy) is 2. The van der Waals surface area contributed by atoms with Crippen molar-refractivity contribution in [3.05, 3.63) is 23.8 Å². The third-order valence-corrected chi connectivity index (χ3v) is 4.24. The minimum atomic E-state index is -0.158. The van der Waals surface area contributed by atoms with Crippen molar-refractivity contribution in [1.29, 1.82) is 0 Å². The van der Waals surface area contributed by atoms with Crippen LogP contribution in [0.1, 0.15) is 44.7 Å². The zero-order valence-electron chi connectivity index (χ0n) is 13.4. The maximum absolute atomic E-state index is 12.2. The van der Waals surface area contributed by atoms with Crippen molar-refractivity contribution in [2.45, 2.75) is 57.3 Å². The molecule has 2 unspecified atom stereocenters. The first-order valence-electron chi connectivity index (χ1n) is 7.92. The second kappa shape index (κ2) is 5.80. The van der Waals surface area contributed by atoms with Gasteiger partial charge in [0.2, 0.25) is 5.91 Å². The third-order valence-electron chi connectivity index (χ3n) is 4.24. The highest BCUT2D eigenvalue weighted by atomic mass is 16.5. The Morgan fingerprint density at radius 1 is 1.27 bits per heavy atom. The van der Waals surface area contributed by atoms with Crippen LogP contribution in [0.5, 0.6) is 11.5 Å². The molecule has 0 aromatic heterocycles. The van der Waals surface area contributed by atoms with E-state index in [1.54, 1.807) is 7.11 Å². The van der Waals surface area contributed by atoms with Gasteiger partial charge >= 0.3 is 0 Å². The molecular weight excluding hydrogens is 280 g/mol. The van der Waals surface area contributed by atoms with Crippen molar-refractivity contribution in [2.75, 3.05) is 7.11 Å². The number of amides is 1. The van der Waals surface area contributed by atoms with Crippen molar-refractivity contribution in [3.63, 3.8) is 0 Å². The topological polar surface area (TPSA) is 64.8 Å². The molecule has 1 aliphatic carbocycles. The summed E-state index contributed by atoms with van der Waals surface area (Å²) in [6.07, 6.45) is 2.67. The second-order valence-corrected chi connectivity index (χ2v) is 6.42. The van der Waals surface area contributed by atoms with Gasteiger partial charge in [-0.1, -0.05) is 6.07 Å². The van der Waals surface area contributed by atoms with Crippen molar-refractivity contribution < 1.29 is 14.3 Å². The Hall–Kier alpha value is -1.75. The largest absolute Gasteiger partial charge is 0.493 e. The molecule has 5 heteroatoms. The van der Waals surface area contributed by atoms with E-state index in [9.17, 15) is 4.79 Å². The average molecular weight is 304 g/mol. The molecule has 1 amide bonds. The van der Waals surface area contributed by atoms with E-state index in [0.717, 1.165) is 24.2 Å². The fourth-order valence-electron chi connectivity index (χ4n) is 3.19. The number of hydrogen-bond donors (Lipinski definition) is 1. The highest BCUT2D eigenvalue weighted by Gasteiger charge is 2.46. The Balaban J connectivity index is 1.91. The van der Waals surface area contributed by atoms with Crippen molar-refractivity contribution in [3.8, 4) is 11.5 Å². The van der Waals surface area contributed by atoms with Gasteiger partial charge in [-0.25, -0.2) is 0 Å². The SMILES string of the molecule is COc1cc(C2C(N)CC(=O)N2C2CC2)ccc1OC(C)C. The lowest BCUT2D eigenvalue weighted by atomic mass is 10.00. The Morgan fingerprint density at radius 3 is 2.59 bits per heavy atom. The summed E-state index contributed by atoms with van der Waals surface area (Å²) < 4.78 is 11.2. The van der Waals surface area contributed by atoms with E-state index in [-0.39, 0.29) is 24.1 Å². The lowest BCUT2D eigenvalue weighted by Crippen LogP contribution is -2.34. The van der Waals surface area contributed by atoms with E-state index in [1.807, 2.05) is 36.9 Å². The first-order valence-corrected chi connectivity index (χ1v) is 7.92. The van der Waals surface area contributed by atoms with E-state index < -0.39 is 0 Å². The van der Waals surface area contributed by atoms with Crippen LogP contribution in [0.15, 0.2) is 18.2 Å². The van der Waals surface area contributed by atoms with E-state index in [2.05, 4.69) is 0 Å². The molecule has 1 aliphatic heterocycles. The Morgan fingerprint density at radius 2 is 2.00 bits per heavy atom. The number of carbonyl (C=O) groups is 1.